The predicted octanol–water partition coefficient (Wildman–Crippen LogP) is 3.13. The first-order chi connectivity index (χ1) is 7.75. The van der Waals surface area contributed by atoms with Crippen LogP contribution in [0, 0.1) is 13.8 Å². The molecule has 1 aromatic carbocycles. The summed E-state index contributed by atoms with van der Waals surface area (Å²) in [6, 6.07) is 6.38. The summed E-state index contributed by atoms with van der Waals surface area (Å²) in [6.07, 6.45) is 4.01. The SMILES string of the molecule is Cc1ccc(C)c(OCN2CCCCC2)c1. The minimum absolute atomic E-state index is 0.740. The second-order valence-electron chi connectivity index (χ2n) is 4.72. The lowest BCUT2D eigenvalue weighted by Gasteiger charge is -2.26. The summed E-state index contributed by atoms with van der Waals surface area (Å²) in [6.45, 7) is 7.32. The topological polar surface area (TPSA) is 12.5 Å². The van der Waals surface area contributed by atoms with Crippen molar-refractivity contribution in [3.05, 3.63) is 29.3 Å². The van der Waals surface area contributed by atoms with Crippen LogP contribution in [0.5, 0.6) is 5.75 Å². The second kappa shape index (κ2) is 5.35. The molecule has 0 bridgehead atoms. The van der Waals surface area contributed by atoms with E-state index in [1.807, 2.05) is 0 Å². The first kappa shape index (κ1) is 11.5. The smallest absolute Gasteiger partial charge is 0.142 e. The Kier molecular flexibility index (Phi) is 3.83. The highest BCUT2D eigenvalue weighted by Crippen LogP contribution is 2.19. The fraction of sp³-hybridized carbons (Fsp3) is 0.571. The molecule has 0 saturated carbocycles. The Morgan fingerprint density at radius 1 is 1.12 bits per heavy atom. The quantitative estimate of drug-likeness (QED) is 0.774. The third kappa shape index (κ3) is 2.99. The second-order valence-corrected chi connectivity index (χ2v) is 4.72. The van der Waals surface area contributed by atoms with Crippen LogP contribution in [0.25, 0.3) is 0 Å². The fourth-order valence-electron chi connectivity index (χ4n) is 2.11. The molecule has 1 aliphatic rings. The molecule has 0 aliphatic carbocycles. The van der Waals surface area contributed by atoms with Gasteiger partial charge in [0.15, 0.2) is 0 Å². The van der Waals surface area contributed by atoms with Gasteiger partial charge in [-0.2, -0.15) is 0 Å². The molecule has 0 unspecified atom stereocenters. The summed E-state index contributed by atoms with van der Waals surface area (Å²) >= 11 is 0. The molecule has 0 atom stereocenters. The van der Waals surface area contributed by atoms with E-state index in [0.29, 0.717) is 0 Å². The van der Waals surface area contributed by atoms with Gasteiger partial charge in [0.1, 0.15) is 12.5 Å². The highest BCUT2D eigenvalue weighted by Gasteiger charge is 2.10. The summed E-state index contributed by atoms with van der Waals surface area (Å²) in [5.41, 5.74) is 2.49. The van der Waals surface area contributed by atoms with E-state index in [0.717, 1.165) is 12.5 Å². The zero-order valence-corrected chi connectivity index (χ0v) is 10.3. The summed E-state index contributed by atoms with van der Waals surface area (Å²) in [5.74, 6) is 1.03. The highest BCUT2D eigenvalue weighted by molar-refractivity contribution is 5.35. The lowest BCUT2D eigenvalue weighted by atomic mass is 10.1. The summed E-state index contributed by atoms with van der Waals surface area (Å²) in [5, 5.41) is 0. The van der Waals surface area contributed by atoms with Gasteiger partial charge < -0.3 is 4.74 Å². The molecule has 16 heavy (non-hydrogen) atoms. The Balaban J connectivity index is 1.90. The number of piperidine rings is 1. The maximum absolute atomic E-state index is 5.88. The zero-order valence-electron chi connectivity index (χ0n) is 10.3. The molecule has 2 heteroatoms. The van der Waals surface area contributed by atoms with Gasteiger partial charge in [-0.3, -0.25) is 4.90 Å². The first-order valence-electron chi connectivity index (χ1n) is 6.18. The molecule has 1 fully saturated rings. The van der Waals surface area contributed by atoms with Crippen molar-refractivity contribution in [3.63, 3.8) is 0 Å². The molecular weight excluding hydrogens is 198 g/mol. The van der Waals surface area contributed by atoms with E-state index >= 15 is 0 Å². The average molecular weight is 219 g/mol. The normalized spacial score (nSPS) is 17.4. The standard InChI is InChI=1S/C14H21NO/c1-12-6-7-13(2)14(10-12)16-11-15-8-4-3-5-9-15/h6-7,10H,3-5,8-9,11H2,1-2H3. The van der Waals surface area contributed by atoms with Crippen LogP contribution in [0.3, 0.4) is 0 Å². The van der Waals surface area contributed by atoms with Crippen LogP contribution in [0.1, 0.15) is 30.4 Å². The van der Waals surface area contributed by atoms with Crippen LogP contribution < -0.4 is 4.74 Å². The Labute approximate surface area is 98.2 Å². The van der Waals surface area contributed by atoms with E-state index < -0.39 is 0 Å². The van der Waals surface area contributed by atoms with E-state index in [1.54, 1.807) is 0 Å². The monoisotopic (exact) mass is 219 g/mol. The first-order valence-corrected chi connectivity index (χ1v) is 6.18. The van der Waals surface area contributed by atoms with Crippen molar-refractivity contribution in [1.29, 1.82) is 0 Å². The molecule has 1 aliphatic heterocycles. The van der Waals surface area contributed by atoms with Gasteiger partial charge in [-0.15, -0.1) is 0 Å². The van der Waals surface area contributed by atoms with Gasteiger partial charge in [-0.05, 0) is 43.9 Å². The van der Waals surface area contributed by atoms with Gasteiger partial charge in [0.25, 0.3) is 0 Å². The maximum atomic E-state index is 5.88. The van der Waals surface area contributed by atoms with Crippen molar-refractivity contribution in [1.82, 2.24) is 4.90 Å². The highest BCUT2D eigenvalue weighted by atomic mass is 16.5. The Morgan fingerprint density at radius 3 is 2.62 bits per heavy atom. The number of rotatable bonds is 3. The summed E-state index contributed by atoms with van der Waals surface area (Å²) in [4.78, 5) is 2.39. The lowest BCUT2D eigenvalue weighted by Crippen LogP contribution is -2.33. The number of benzene rings is 1. The van der Waals surface area contributed by atoms with Gasteiger partial charge in [0.2, 0.25) is 0 Å². The largest absolute Gasteiger partial charge is 0.478 e. The molecule has 0 N–H and O–H groups in total. The van der Waals surface area contributed by atoms with E-state index in [1.165, 1.54) is 43.5 Å². The van der Waals surface area contributed by atoms with Crippen LogP contribution in [0.2, 0.25) is 0 Å². The molecule has 1 aromatic rings. The minimum atomic E-state index is 0.740. The van der Waals surface area contributed by atoms with Crippen LogP contribution in [-0.2, 0) is 0 Å². The van der Waals surface area contributed by atoms with Gasteiger partial charge in [-0.1, -0.05) is 18.6 Å². The number of hydrogen-bond acceptors (Lipinski definition) is 2. The van der Waals surface area contributed by atoms with Gasteiger partial charge in [-0.25, -0.2) is 0 Å². The van der Waals surface area contributed by atoms with E-state index in [2.05, 4.69) is 36.9 Å². The molecular formula is C14H21NO. The molecule has 0 amide bonds. The lowest BCUT2D eigenvalue weighted by molar-refractivity contribution is 0.106. The fourth-order valence-corrected chi connectivity index (χ4v) is 2.11. The minimum Gasteiger partial charge on any atom is -0.478 e. The van der Waals surface area contributed by atoms with Crippen molar-refractivity contribution < 1.29 is 4.74 Å². The van der Waals surface area contributed by atoms with Crippen molar-refractivity contribution in [2.24, 2.45) is 0 Å². The van der Waals surface area contributed by atoms with E-state index in [4.69, 9.17) is 4.74 Å². The van der Waals surface area contributed by atoms with Crippen LogP contribution >= 0.6 is 0 Å². The molecule has 88 valence electrons. The van der Waals surface area contributed by atoms with Crippen LogP contribution in [-0.4, -0.2) is 24.7 Å². The Hall–Kier alpha value is -1.02. The third-order valence-corrected chi connectivity index (χ3v) is 3.19. The average Bonchev–Trinajstić information content (AvgIpc) is 2.32. The van der Waals surface area contributed by atoms with Crippen molar-refractivity contribution >= 4 is 0 Å². The molecule has 0 aromatic heterocycles. The van der Waals surface area contributed by atoms with Crippen molar-refractivity contribution in [3.8, 4) is 5.75 Å². The number of ether oxygens (including phenoxy) is 1. The zero-order chi connectivity index (χ0) is 11.4. The number of likely N-dealkylation sites (tertiary alicyclic amines) is 1. The van der Waals surface area contributed by atoms with Crippen LogP contribution in [0.4, 0.5) is 0 Å². The Morgan fingerprint density at radius 2 is 1.88 bits per heavy atom. The van der Waals surface area contributed by atoms with E-state index in [9.17, 15) is 0 Å². The molecule has 2 rings (SSSR count). The number of hydrogen-bond donors (Lipinski definition) is 0. The van der Waals surface area contributed by atoms with Gasteiger partial charge in [0.05, 0.1) is 0 Å². The molecule has 1 heterocycles. The summed E-state index contributed by atoms with van der Waals surface area (Å²) < 4.78 is 5.88. The van der Waals surface area contributed by atoms with E-state index in [-0.39, 0.29) is 0 Å². The summed E-state index contributed by atoms with van der Waals surface area (Å²) in [7, 11) is 0. The van der Waals surface area contributed by atoms with Crippen molar-refractivity contribution in [2.75, 3.05) is 19.8 Å². The number of aryl methyl sites for hydroxylation is 2. The Bertz CT molecular complexity index is 343. The van der Waals surface area contributed by atoms with Crippen LogP contribution in [0.15, 0.2) is 18.2 Å². The maximum Gasteiger partial charge on any atom is 0.142 e. The molecule has 1 saturated heterocycles. The van der Waals surface area contributed by atoms with Gasteiger partial charge in [0, 0.05) is 13.1 Å². The van der Waals surface area contributed by atoms with Gasteiger partial charge >= 0.3 is 0 Å². The third-order valence-electron chi connectivity index (χ3n) is 3.19. The van der Waals surface area contributed by atoms with Crippen molar-refractivity contribution in [2.45, 2.75) is 33.1 Å². The molecule has 0 radical (unpaired) electrons. The molecule has 0 spiro atoms. The predicted molar refractivity (Wildman–Crippen MR) is 66.8 cm³/mol. The molecule has 2 nitrogen and oxygen atoms in total. The number of nitrogens with zero attached hydrogens (tertiary/aromatic N) is 1.